The first-order valence-corrected chi connectivity index (χ1v) is 12.5. The molecule has 0 aliphatic heterocycles. The molecule has 1 atom stereocenters. The van der Waals surface area contributed by atoms with Gasteiger partial charge in [-0.15, -0.1) is 0 Å². The summed E-state index contributed by atoms with van der Waals surface area (Å²) in [6.07, 6.45) is 1.17. The van der Waals surface area contributed by atoms with Crippen molar-refractivity contribution in [1.82, 2.24) is 0 Å². The zero-order valence-corrected chi connectivity index (χ0v) is 20.7. The lowest BCUT2D eigenvalue weighted by Crippen LogP contribution is -2.29. The van der Waals surface area contributed by atoms with Gasteiger partial charge in [-0.05, 0) is 53.9 Å². The number of hydrogen-bond donors (Lipinski definition) is 1. The van der Waals surface area contributed by atoms with Crippen molar-refractivity contribution in [1.29, 1.82) is 0 Å². The summed E-state index contributed by atoms with van der Waals surface area (Å²) in [4.78, 5) is 25.9. The predicted molar refractivity (Wildman–Crippen MR) is 146 cm³/mol. The average Bonchev–Trinajstić information content (AvgIpc) is 2.94. The van der Waals surface area contributed by atoms with E-state index in [1.807, 2.05) is 91.0 Å². The summed E-state index contributed by atoms with van der Waals surface area (Å²) in [7, 11) is 0. The number of ether oxygens (including phenoxy) is 2. The minimum Gasteiger partial charge on any atom is -0.457 e. The SMILES string of the molecule is O=C(CCc1ccccc1)CC(COCc1ccccc1)C(=O)Nc1ccc(Oc2ccccc2)cc1. The van der Waals surface area contributed by atoms with Crippen molar-refractivity contribution in [2.45, 2.75) is 25.9 Å². The molecule has 0 saturated carbocycles. The molecule has 0 fully saturated rings. The van der Waals surface area contributed by atoms with Gasteiger partial charge in [-0.25, -0.2) is 0 Å². The number of para-hydroxylation sites is 1. The molecule has 5 nitrogen and oxygen atoms in total. The fourth-order valence-electron chi connectivity index (χ4n) is 3.90. The lowest BCUT2D eigenvalue weighted by molar-refractivity contribution is -0.128. The largest absolute Gasteiger partial charge is 0.457 e. The maximum atomic E-state index is 13.2. The summed E-state index contributed by atoms with van der Waals surface area (Å²) in [5.74, 6) is 0.621. The zero-order chi connectivity index (χ0) is 25.7. The molecule has 0 saturated heterocycles. The van der Waals surface area contributed by atoms with Crippen LogP contribution in [0.4, 0.5) is 5.69 Å². The number of aryl methyl sites for hydroxylation is 1. The molecule has 0 aliphatic rings. The van der Waals surface area contributed by atoms with Gasteiger partial charge in [-0.2, -0.15) is 0 Å². The molecule has 0 aromatic heterocycles. The van der Waals surface area contributed by atoms with Crippen LogP contribution in [0.15, 0.2) is 115 Å². The van der Waals surface area contributed by atoms with E-state index in [1.165, 1.54) is 0 Å². The van der Waals surface area contributed by atoms with E-state index in [1.54, 1.807) is 24.3 Å². The second-order valence-electron chi connectivity index (χ2n) is 8.85. The number of rotatable bonds is 13. The fraction of sp³-hybridized carbons (Fsp3) is 0.188. The van der Waals surface area contributed by atoms with Gasteiger partial charge in [0, 0.05) is 18.5 Å². The van der Waals surface area contributed by atoms with E-state index in [2.05, 4.69) is 5.32 Å². The van der Waals surface area contributed by atoms with Crippen LogP contribution in [0.3, 0.4) is 0 Å². The van der Waals surface area contributed by atoms with Crippen molar-refractivity contribution in [2.75, 3.05) is 11.9 Å². The fourth-order valence-corrected chi connectivity index (χ4v) is 3.90. The van der Waals surface area contributed by atoms with Gasteiger partial charge in [-0.1, -0.05) is 78.9 Å². The summed E-state index contributed by atoms with van der Waals surface area (Å²) >= 11 is 0. The van der Waals surface area contributed by atoms with Gasteiger partial charge in [0.2, 0.25) is 5.91 Å². The van der Waals surface area contributed by atoms with E-state index in [4.69, 9.17) is 9.47 Å². The van der Waals surface area contributed by atoms with Crippen LogP contribution in [0, 0.1) is 5.92 Å². The molecule has 1 amide bonds. The summed E-state index contributed by atoms with van der Waals surface area (Å²) in [5, 5.41) is 2.93. The number of ketones is 1. The number of carbonyl (C=O) groups is 2. The Morgan fingerprint density at radius 2 is 1.24 bits per heavy atom. The highest BCUT2D eigenvalue weighted by molar-refractivity contribution is 5.95. The lowest BCUT2D eigenvalue weighted by atomic mass is 9.98. The Hall–Kier alpha value is -4.22. The van der Waals surface area contributed by atoms with Gasteiger partial charge in [-0.3, -0.25) is 9.59 Å². The number of benzene rings is 4. The van der Waals surface area contributed by atoms with Gasteiger partial charge >= 0.3 is 0 Å². The molecule has 0 heterocycles. The van der Waals surface area contributed by atoms with Gasteiger partial charge in [0.1, 0.15) is 17.3 Å². The van der Waals surface area contributed by atoms with E-state index < -0.39 is 5.92 Å². The number of anilines is 1. The molecule has 0 bridgehead atoms. The maximum Gasteiger partial charge on any atom is 0.230 e. The quantitative estimate of drug-likeness (QED) is 0.221. The van der Waals surface area contributed by atoms with Gasteiger partial charge in [0.15, 0.2) is 0 Å². The molecule has 1 N–H and O–H groups in total. The third-order valence-corrected chi connectivity index (χ3v) is 5.91. The first-order chi connectivity index (χ1) is 18.2. The van der Waals surface area contributed by atoms with Gasteiger partial charge < -0.3 is 14.8 Å². The smallest absolute Gasteiger partial charge is 0.230 e. The molecule has 0 aliphatic carbocycles. The molecule has 0 spiro atoms. The molecule has 5 heteroatoms. The monoisotopic (exact) mass is 493 g/mol. The Morgan fingerprint density at radius 1 is 0.676 bits per heavy atom. The van der Waals surface area contributed by atoms with Gasteiger partial charge in [0.05, 0.1) is 19.1 Å². The first-order valence-electron chi connectivity index (χ1n) is 12.5. The van der Waals surface area contributed by atoms with Crippen molar-refractivity contribution in [3.8, 4) is 11.5 Å². The number of amides is 1. The van der Waals surface area contributed by atoms with Crippen LogP contribution in [0.25, 0.3) is 0 Å². The normalized spacial score (nSPS) is 11.5. The average molecular weight is 494 g/mol. The number of Topliss-reactive ketones (excluding diaryl/α,β-unsaturated/α-hetero) is 1. The Balaban J connectivity index is 1.35. The summed E-state index contributed by atoms with van der Waals surface area (Å²) in [6, 6.07) is 36.3. The molecule has 0 radical (unpaired) electrons. The van der Waals surface area contributed by atoms with Crippen LogP contribution >= 0.6 is 0 Å². The van der Waals surface area contributed by atoms with E-state index in [0.29, 0.717) is 30.9 Å². The molecule has 188 valence electrons. The second kappa shape index (κ2) is 13.8. The number of nitrogens with one attached hydrogen (secondary N) is 1. The minimum atomic E-state index is -0.591. The standard InChI is InChI=1S/C32H31NO4/c34-29(19-16-25-10-4-1-5-11-25)22-27(24-36-23-26-12-6-2-7-13-26)32(35)33-28-17-20-31(21-18-28)37-30-14-8-3-9-15-30/h1-15,17-18,20-21,27H,16,19,22-24H2,(H,33,35). The highest BCUT2D eigenvalue weighted by atomic mass is 16.5. The molecule has 37 heavy (non-hydrogen) atoms. The Morgan fingerprint density at radius 3 is 1.89 bits per heavy atom. The highest BCUT2D eigenvalue weighted by Crippen LogP contribution is 2.23. The molecule has 4 aromatic rings. The van der Waals surface area contributed by atoms with Crippen LogP contribution in [-0.2, 0) is 27.4 Å². The zero-order valence-electron chi connectivity index (χ0n) is 20.7. The molecule has 4 rings (SSSR count). The Labute approximate surface area is 218 Å². The molecular formula is C32H31NO4. The number of hydrogen-bond acceptors (Lipinski definition) is 4. The molecule has 4 aromatic carbocycles. The summed E-state index contributed by atoms with van der Waals surface area (Å²) < 4.78 is 11.7. The minimum absolute atomic E-state index is 0.0407. The predicted octanol–water partition coefficient (Wildman–Crippen LogP) is 6.84. The summed E-state index contributed by atoms with van der Waals surface area (Å²) in [5.41, 5.74) is 2.76. The Bertz CT molecular complexity index is 1240. The third-order valence-electron chi connectivity index (χ3n) is 5.91. The van der Waals surface area contributed by atoms with Crippen LogP contribution in [0.1, 0.15) is 24.0 Å². The van der Waals surface area contributed by atoms with E-state index in [0.717, 1.165) is 16.9 Å². The highest BCUT2D eigenvalue weighted by Gasteiger charge is 2.22. The Kier molecular flexibility index (Phi) is 9.62. The van der Waals surface area contributed by atoms with Crippen molar-refractivity contribution in [3.05, 3.63) is 126 Å². The first kappa shape index (κ1) is 25.9. The van der Waals surface area contributed by atoms with Crippen LogP contribution in [-0.4, -0.2) is 18.3 Å². The van der Waals surface area contributed by atoms with E-state index in [-0.39, 0.29) is 24.7 Å². The van der Waals surface area contributed by atoms with Crippen molar-refractivity contribution >= 4 is 17.4 Å². The van der Waals surface area contributed by atoms with Crippen molar-refractivity contribution < 1.29 is 19.1 Å². The summed E-state index contributed by atoms with van der Waals surface area (Å²) in [6.45, 7) is 0.543. The number of carbonyl (C=O) groups excluding carboxylic acids is 2. The van der Waals surface area contributed by atoms with Crippen LogP contribution in [0.5, 0.6) is 11.5 Å². The lowest BCUT2D eigenvalue weighted by Gasteiger charge is -2.17. The topological polar surface area (TPSA) is 64.6 Å². The van der Waals surface area contributed by atoms with E-state index >= 15 is 0 Å². The maximum absolute atomic E-state index is 13.2. The third kappa shape index (κ3) is 8.74. The van der Waals surface area contributed by atoms with Crippen LogP contribution < -0.4 is 10.1 Å². The van der Waals surface area contributed by atoms with Crippen molar-refractivity contribution in [2.24, 2.45) is 5.92 Å². The molecular weight excluding hydrogens is 462 g/mol. The van der Waals surface area contributed by atoms with Crippen LogP contribution in [0.2, 0.25) is 0 Å². The van der Waals surface area contributed by atoms with E-state index in [9.17, 15) is 9.59 Å². The molecule has 1 unspecified atom stereocenters. The second-order valence-corrected chi connectivity index (χ2v) is 8.85. The van der Waals surface area contributed by atoms with Gasteiger partial charge in [0.25, 0.3) is 0 Å². The van der Waals surface area contributed by atoms with Crippen molar-refractivity contribution in [3.63, 3.8) is 0 Å².